The number of methoxy groups -OCH3 is 1. The number of amides is 1. The molecule has 180 valence electrons. The summed E-state index contributed by atoms with van der Waals surface area (Å²) in [6.45, 7) is 8.19. The molecule has 2 heterocycles. The van der Waals surface area contributed by atoms with E-state index in [4.69, 9.17) is 9.47 Å². The van der Waals surface area contributed by atoms with Crippen LogP contribution in [0.1, 0.15) is 34.7 Å². The van der Waals surface area contributed by atoms with E-state index >= 15 is 0 Å². The molecule has 0 saturated carbocycles. The van der Waals surface area contributed by atoms with Crippen LogP contribution in [0.3, 0.4) is 0 Å². The Balaban J connectivity index is 1.72. The second kappa shape index (κ2) is 10.4. The fraction of sp³-hybridized carbons (Fsp3) is 0.407. The predicted molar refractivity (Wildman–Crippen MR) is 130 cm³/mol. The maximum atomic E-state index is 13.3. The Morgan fingerprint density at radius 3 is 2.59 bits per heavy atom. The lowest BCUT2D eigenvalue weighted by Gasteiger charge is -2.29. The van der Waals surface area contributed by atoms with E-state index in [1.807, 2.05) is 56.3 Å². The molecule has 2 saturated heterocycles. The monoisotopic (exact) mass is 464 g/mol. The molecule has 2 aromatic rings. The van der Waals surface area contributed by atoms with Gasteiger partial charge in [-0.1, -0.05) is 29.8 Å². The van der Waals surface area contributed by atoms with Crippen molar-refractivity contribution in [2.24, 2.45) is 0 Å². The van der Waals surface area contributed by atoms with Gasteiger partial charge in [-0.25, -0.2) is 0 Å². The lowest BCUT2D eigenvalue weighted by atomic mass is 9.93. The molecular weight excluding hydrogens is 432 g/mol. The van der Waals surface area contributed by atoms with Gasteiger partial charge in [0.05, 0.1) is 31.9 Å². The van der Waals surface area contributed by atoms with Gasteiger partial charge in [-0.15, -0.1) is 0 Å². The molecule has 1 N–H and O–H groups in total. The van der Waals surface area contributed by atoms with Crippen LogP contribution in [0.2, 0.25) is 0 Å². The van der Waals surface area contributed by atoms with Crippen molar-refractivity contribution in [1.82, 2.24) is 9.80 Å². The first-order chi connectivity index (χ1) is 16.4. The fourth-order valence-corrected chi connectivity index (χ4v) is 4.69. The Hall–Kier alpha value is -3.16. The van der Waals surface area contributed by atoms with Crippen LogP contribution in [-0.4, -0.2) is 73.1 Å². The van der Waals surface area contributed by atoms with Gasteiger partial charge in [0.15, 0.2) is 0 Å². The third-order valence-corrected chi connectivity index (χ3v) is 6.57. The largest absolute Gasteiger partial charge is 0.507 e. The SMILES string of the molecule is COc1cccc([C@H]2C(=C(O)c3cc(C)ccc3C)C(=O)C(=O)N2CCCN2CCOCC2)c1. The molecule has 0 aromatic heterocycles. The molecule has 2 fully saturated rings. The zero-order valence-electron chi connectivity index (χ0n) is 20.0. The van der Waals surface area contributed by atoms with Gasteiger partial charge in [-0.05, 0) is 49.6 Å². The van der Waals surface area contributed by atoms with Crippen LogP contribution >= 0.6 is 0 Å². The highest BCUT2D eigenvalue weighted by Crippen LogP contribution is 2.40. The van der Waals surface area contributed by atoms with E-state index in [1.54, 1.807) is 12.0 Å². The molecule has 2 aliphatic heterocycles. The second-order valence-electron chi connectivity index (χ2n) is 8.90. The maximum absolute atomic E-state index is 13.3. The van der Waals surface area contributed by atoms with Crippen LogP contribution in [-0.2, 0) is 14.3 Å². The standard InChI is InChI=1S/C27H32N2O5/c1-18-8-9-19(2)22(16-18)25(30)23-24(20-6-4-7-21(17-20)33-3)29(27(32)26(23)31)11-5-10-28-12-14-34-15-13-28/h4,6-9,16-17,24,30H,5,10-15H2,1-3H3/t24-/m0/s1. The van der Waals surface area contributed by atoms with Crippen LogP contribution in [0.15, 0.2) is 48.0 Å². The average Bonchev–Trinajstić information content (AvgIpc) is 3.11. The van der Waals surface area contributed by atoms with Crippen molar-refractivity contribution in [2.45, 2.75) is 26.3 Å². The van der Waals surface area contributed by atoms with Gasteiger partial charge in [-0.2, -0.15) is 0 Å². The first-order valence-electron chi connectivity index (χ1n) is 11.7. The summed E-state index contributed by atoms with van der Waals surface area (Å²) in [7, 11) is 1.58. The number of likely N-dealkylation sites (tertiary alicyclic amines) is 1. The Morgan fingerprint density at radius 1 is 1.09 bits per heavy atom. The summed E-state index contributed by atoms with van der Waals surface area (Å²) >= 11 is 0. The number of hydrogen-bond acceptors (Lipinski definition) is 6. The van der Waals surface area contributed by atoms with Crippen molar-refractivity contribution in [3.63, 3.8) is 0 Å². The molecule has 2 aromatic carbocycles. The second-order valence-corrected chi connectivity index (χ2v) is 8.90. The van der Waals surface area contributed by atoms with Crippen molar-refractivity contribution in [3.8, 4) is 5.75 Å². The van der Waals surface area contributed by atoms with E-state index < -0.39 is 17.7 Å². The highest BCUT2D eigenvalue weighted by atomic mass is 16.5. The molecule has 0 spiro atoms. The van der Waals surface area contributed by atoms with E-state index in [2.05, 4.69) is 4.90 Å². The highest BCUT2D eigenvalue weighted by molar-refractivity contribution is 6.46. The number of rotatable bonds is 7. The number of ether oxygens (including phenoxy) is 2. The van der Waals surface area contributed by atoms with Crippen LogP contribution < -0.4 is 4.74 Å². The third-order valence-electron chi connectivity index (χ3n) is 6.57. The molecule has 2 aliphatic rings. The minimum absolute atomic E-state index is 0.123. The number of ketones is 1. The molecule has 4 rings (SSSR count). The minimum atomic E-state index is -0.681. The van der Waals surface area contributed by atoms with Gasteiger partial charge >= 0.3 is 0 Å². The quantitative estimate of drug-likeness (QED) is 0.384. The smallest absolute Gasteiger partial charge is 0.295 e. The Labute approximate surface area is 200 Å². The van der Waals surface area contributed by atoms with Crippen molar-refractivity contribution in [1.29, 1.82) is 0 Å². The van der Waals surface area contributed by atoms with Gasteiger partial charge in [0.1, 0.15) is 11.5 Å². The van der Waals surface area contributed by atoms with Crippen LogP contribution in [0, 0.1) is 13.8 Å². The van der Waals surface area contributed by atoms with Crippen molar-refractivity contribution >= 4 is 17.4 Å². The van der Waals surface area contributed by atoms with Gasteiger partial charge in [-0.3, -0.25) is 14.5 Å². The van der Waals surface area contributed by atoms with Gasteiger partial charge in [0.2, 0.25) is 0 Å². The van der Waals surface area contributed by atoms with Gasteiger partial charge < -0.3 is 19.5 Å². The summed E-state index contributed by atoms with van der Waals surface area (Å²) in [6.07, 6.45) is 0.719. The summed E-state index contributed by atoms with van der Waals surface area (Å²) in [4.78, 5) is 30.3. The molecule has 7 heteroatoms. The fourth-order valence-electron chi connectivity index (χ4n) is 4.69. The predicted octanol–water partition coefficient (Wildman–Crippen LogP) is 3.46. The summed E-state index contributed by atoms with van der Waals surface area (Å²) in [5, 5.41) is 11.3. The summed E-state index contributed by atoms with van der Waals surface area (Å²) < 4.78 is 10.8. The van der Waals surface area contributed by atoms with Crippen LogP contribution in [0.25, 0.3) is 5.76 Å². The molecule has 7 nitrogen and oxygen atoms in total. The van der Waals surface area contributed by atoms with E-state index in [1.165, 1.54) is 0 Å². The topological polar surface area (TPSA) is 79.3 Å². The van der Waals surface area contributed by atoms with Crippen LogP contribution in [0.4, 0.5) is 0 Å². The number of Topliss-reactive ketones (excluding diaryl/α,β-unsaturated/α-hetero) is 1. The molecule has 0 unspecified atom stereocenters. The van der Waals surface area contributed by atoms with E-state index in [0.29, 0.717) is 31.1 Å². The zero-order chi connectivity index (χ0) is 24.2. The number of morpholine rings is 1. The number of aliphatic hydroxyl groups excluding tert-OH is 1. The molecule has 34 heavy (non-hydrogen) atoms. The van der Waals surface area contributed by atoms with E-state index in [-0.39, 0.29) is 11.3 Å². The summed E-state index contributed by atoms with van der Waals surface area (Å²) in [5.74, 6) is -0.745. The minimum Gasteiger partial charge on any atom is -0.507 e. The van der Waals surface area contributed by atoms with Crippen molar-refractivity contribution in [2.75, 3.05) is 46.5 Å². The van der Waals surface area contributed by atoms with Gasteiger partial charge in [0.25, 0.3) is 11.7 Å². The maximum Gasteiger partial charge on any atom is 0.295 e. The lowest BCUT2D eigenvalue weighted by molar-refractivity contribution is -0.140. The number of nitrogens with zero attached hydrogens (tertiary/aromatic N) is 2. The number of aryl methyl sites for hydroxylation is 2. The van der Waals surface area contributed by atoms with Crippen molar-refractivity contribution in [3.05, 3.63) is 70.3 Å². The average molecular weight is 465 g/mol. The van der Waals surface area contributed by atoms with Crippen LogP contribution in [0.5, 0.6) is 5.75 Å². The normalized spacial score (nSPS) is 20.7. The molecule has 0 radical (unpaired) electrons. The first kappa shape index (κ1) is 24.0. The Bertz CT molecular complexity index is 1100. The number of carbonyl (C=O) groups is 2. The Morgan fingerprint density at radius 2 is 1.85 bits per heavy atom. The van der Waals surface area contributed by atoms with Crippen molar-refractivity contribution < 1.29 is 24.2 Å². The molecular formula is C27H32N2O5. The number of benzene rings is 2. The lowest BCUT2D eigenvalue weighted by Crippen LogP contribution is -2.38. The first-order valence-corrected chi connectivity index (χ1v) is 11.7. The highest BCUT2D eigenvalue weighted by Gasteiger charge is 2.46. The molecule has 1 atom stereocenters. The Kier molecular flexibility index (Phi) is 7.34. The van der Waals surface area contributed by atoms with E-state index in [9.17, 15) is 14.7 Å². The van der Waals surface area contributed by atoms with Gasteiger partial charge in [0, 0.05) is 31.7 Å². The molecule has 0 aliphatic carbocycles. The molecule has 1 amide bonds. The van der Waals surface area contributed by atoms with E-state index in [0.717, 1.165) is 42.7 Å². The zero-order valence-corrected chi connectivity index (χ0v) is 20.0. The molecule has 0 bridgehead atoms. The number of hydrogen-bond donors (Lipinski definition) is 1. The third kappa shape index (κ3) is 4.86. The summed E-state index contributed by atoms with van der Waals surface area (Å²) in [5.41, 5.74) is 3.23. The number of carbonyl (C=O) groups excluding carboxylic acids is 2. The number of aliphatic hydroxyl groups is 1. The summed E-state index contributed by atoms with van der Waals surface area (Å²) in [6, 6.07) is 12.4.